The average Bonchev–Trinajstić information content (AvgIpc) is 2.49. The van der Waals surface area contributed by atoms with Crippen LogP contribution in [0.15, 0.2) is 10.7 Å². The van der Waals surface area contributed by atoms with Gasteiger partial charge in [0.2, 0.25) is 0 Å². The van der Waals surface area contributed by atoms with E-state index in [1.807, 2.05) is 11.7 Å². The van der Waals surface area contributed by atoms with Gasteiger partial charge in [-0.2, -0.15) is 5.10 Å². The van der Waals surface area contributed by atoms with Crippen molar-refractivity contribution < 1.29 is 0 Å². The van der Waals surface area contributed by atoms with Crippen molar-refractivity contribution in [3.05, 3.63) is 16.4 Å². The van der Waals surface area contributed by atoms with E-state index in [0.29, 0.717) is 0 Å². The van der Waals surface area contributed by atoms with Gasteiger partial charge >= 0.3 is 0 Å². The first kappa shape index (κ1) is 11.1. The highest BCUT2D eigenvalue weighted by atomic mass is 79.9. The summed E-state index contributed by atoms with van der Waals surface area (Å²) in [6.45, 7) is 5.64. The lowest BCUT2D eigenvalue weighted by molar-refractivity contribution is 0.145. The summed E-state index contributed by atoms with van der Waals surface area (Å²) in [5, 5.41) is 4.29. The van der Waals surface area contributed by atoms with Gasteiger partial charge in [0.1, 0.15) is 4.60 Å². The maximum absolute atomic E-state index is 4.29. The number of nitrogens with zero attached hydrogens (tertiary/aromatic N) is 4. The van der Waals surface area contributed by atoms with E-state index in [9.17, 15) is 0 Å². The zero-order chi connectivity index (χ0) is 10.8. The van der Waals surface area contributed by atoms with E-state index in [1.165, 1.54) is 18.8 Å². The van der Waals surface area contributed by atoms with E-state index in [2.05, 4.69) is 43.9 Å². The zero-order valence-electron chi connectivity index (χ0n) is 9.28. The Balaban J connectivity index is 1.94. The largest absolute Gasteiger partial charge is 0.304 e. The van der Waals surface area contributed by atoms with Crippen molar-refractivity contribution in [1.82, 2.24) is 19.6 Å². The van der Waals surface area contributed by atoms with Crippen LogP contribution in [0.1, 0.15) is 5.69 Å². The Morgan fingerprint density at radius 3 is 2.47 bits per heavy atom. The fourth-order valence-electron chi connectivity index (χ4n) is 1.85. The number of hydrogen-bond acceptors (Lipinski definition) is 3. The second kappa shape index (κ2) is 4.63. The molecule has 2 heterocycles. The first-order chi connectivity index (χ1) is 7.15. The number of hydrogen-bond donors (Lipinski definition) is 0. The third kappa shape index (κ3) is 2.80. The molecule has 1 aromatic heterocycles. The minimum atomic E-state index is 0.925. The second-order valence-electron chi connectivity index (χ2n) is 4.16. The van der Waals surface area contributed by atoms with Crippen LogP contribution in [0, 0.1) is 0 Å². The van der Waals surface area contributed by atoms with E-state index < -0.39 is 0 Å². The summed E-state index contributed by atoms with van der Waals surface area (Å²) >= 11 is 3.40. The predicted molar refractivity (Wildman–Crippen MR) is 63.7 cm³/mol. The van der Waals surface area contributed by atoms with E-state index in [1.54, 1.807) is 0 Å². The summed E-state index contributed by atoms with van der Waals surface area (Å²) in [7, 11) is 4.17. The van der Waals surface area contributed by atoms with Gasteiger partial charge in [-0.1, -0.05) is 0 Å². The Kier molecular flexibility index (Phi) is 3.43. The van der Waals surface area contributed by atoms with Crippen LogP contribution in [-0.4, -0.2) is 52.8 Å². The summed E-state index contributed by atoms with van der Waals surface area (Å²) in [6, 6.07) is 2.10. The normalized spacial score (nSPS) is 19.7. The van der Waals surface area contributed by atoms with Gasteiger partial charge in [0, 0.05) is 39.8 Å². The van der Waals surface area contributed by atoms with Crippen LogP contribution in [0.2, 0.25) is 0 Å². The lowest BCUT2D eigenvalue weighted by Crippen LogP contribution is -2.44. The number of aryl methyl sites for hydroxylation is 1. The number of halogens is 1. The molecule has 0 radical (unpaired) electrons. The molecule has 0 N–H and O–H groups in total. The van der Waals surface area contributed by atoms with E-state index in [4.69, 9.17) is 0 Å². The summed E-state index contributed by atoms with van der Waals surface area (Å²) < 4.78 is 2.87. The van der Waals surface area contributed by atoms with Crippen molar-refractivity contribution in [2.45, 2.75) is 6.54 Å². The molecule has 84 valence electrons. The van der Waals surface area contributed by atoms with Gasteiger partial charge in [-0.05, 0) is 29.0 Å². The zero-order valence-corrected chi connectivity index (χ0v) is 10.9. The highest BCUT2D eigenvalue weighted by Crippen LogP contribution is 2.12. The third-order valence-electron chi connectivity index (χ3n) is 2.93. The standard InChI is InChI=1S/C10H17BrN4/c1-13-3-5-15(6-4-13)8-9-7-10(11)12-14(9)2/h7H,3-6,8H2,1-2H3. The van der Waals surface area contributed by atoms with Gasteiger partial charge in [0.05, 0.1) is 5.69 Å². The number of rotatable bonds is 2. The molecule has 1 saturated heterocycles. The molecule has 0 spiro atoms. The predicted octanol–water partition coefficient (Wildman–Crippen LogP) is 0.930. The van der Waals surface area contributed by atoms with Gasteiger partial charge in [-0.15, -0.1) is 0 Å². The highest BCUT2D eigenvalue weighted by molar-refractivity contribution is 9.10. The van der Waals surface area contributed by atoms with Crippen molar-refractivity contribution in [3.8, 4) is 0 Å². The topological polar surface area (TPSA) is 24.3 Å². The maximum atomic E-state index is 4.29. The first-order valence-corrected chi connectivity index (χ1v) is 6.04. The summed E-state index contributed by atoms with van der Waals surface area (Å²) in [5.74, 6) is 0. The molecular weight excluding hydrogens is 256 g/mol. The molecule has 5 heteroatoms. The number of piperazine rings is 1. The summed E-state index contributed by atoms with van der Waals surface area (Å²) in [5.41, 5.74) is 1.27. The van der Waals surface area contributed by atoms with Crippen LogP contribution >= 0.6 is 15.9 Å². The van der Waals surface area contributed by atoms with Crippen molar-refractivity contribution in [2.75, 3.05) is 33.2 Å². The molecule has 1 fully saturated rings. The Labute approximate surface area is 99.0 Å². The average molecular weight is 273 g/mol. The van der Waals surface area contributed by atoms with Gasteiger partial charge in [0.25, 0.3) is 0 Å². The quantitative estimate of drug-likeness (QED) is 0.801. The van der Waals surface area contributed by atoms with Crippen LogP contribution in [0.3, 0.4) is 0 Å². The molecule has 0 aromatic carbocycles. The molecule has 0 saturated carbocycles. The molecule has 0 aliphatic carbocycles. The highest BCUT2D eigenvalue weighted by Gasteiger charge is 2.15. The smallest absolute Gasteiger partial charge is 0.128 e. The van der Waals surface area contributed by atoms with Crippen molar-refractivity contribution >= 4 is 15.9 Å². The Morgan fingerprint density at radius 1 is 1.27 bits per heavy atom. The molecule has 0 unspecified atom stereocenters. The molecular formula is C10H17BrN4. The fourth-order valence-corrected chi connectivity index (χ4v) is 2.35. The summed E-state index contributed by atoms with van der Waals surface area (Å²) in [4.78, 5) is 4.85. The Hall–Kier alpha value is -0.390. The maximum Gasteiger partial charge on any atom is 0.128 e. The Bertz CT molecular complexity index is 328. The van der Waals surface area contributed by atoms with Crippen molar-refractivity contribution in [2.24, 2.45) is 7.05 Å². The molecule has 1 aromatic rings. The SMILES string of the molecule is CN1CCN(Cc2cc(Br)nn2C)CC1. The number of likely N-dealkylation sites (N-methyl/N-ethyl adjacent to an activating group) is 1. The van der Waals surface area contributed by atoms with Gasteiger partial charge in [0.15, 0.2) is 0 Å². The van der Waals surface area contributed by atoms with E-state index in [0.717, 1.165) is 24.2 Å². The van der Waals surface area contributed by atoms with Crippen LogP contribution in [-0.2, 0) is 13.6 Å². The Morgan fingerprint density at radius 2 is 1.93 bits per heavy atom. The molecule has 15 heavy (non-hydrogen) atoms. The van der Waals surface area contributed by atoms with Crippen LogP contribution in [0.25, 0.3) is 0 Å². The van der Waals surface area contributed by atoms with E-state index >= 15 is 0 Å². The minimum Gasteiger partial charge on any atom is -0.304 e. The van der Waals surface area contributed by atoms with Gasteiger partial charge in [-0.25, -0.2) is 0 Å². The molecule has 0 bridgehead atoms. The molecule has 0 atom stereocenters. The molecule has 0 amide bonds. The molecule has 4 nitrogen and oxygen atoms in total. The van der Waals surface area contributed by atoms with Crippen LogP contribution < -0.4 is 0 Å². The van der Waals surface area contributed by atoms with Gasteiger partial charge in [-0.3, -0.25) is 9.58 Å². The molecule has 2 rings (SSSR count). The summed E-state index contributed by atoms with van der Waals surface area (Å²) in [6.07, 6.45) is 0. The monoisotopic (exact) mass is 272 g/mol. The van der Waals surface area contributed by atoms with Crippen molar-refractivity contribution in [3.63, 3.8) is 0 Å². The van der Waals surface area contributed by atoms with E-state index in [-0.39, 0.29) is 0 Å². The van der Waals surface area contributed by atoms with Crippen LogP contribution in [0.4, 0.5) is 0 Å². The third-order valence-corrected chi connectivity index (χ3v) is 3.32. The van der Waals surface area contributed by atoms with Crippen LogP contribution in [0.5, 0.6) is 0 Å². The number of aromatic nitrogens is 2. The minimum absolute atomic E-state index is 0.925. The van der Waals surface area contributed by atoms with Crippen molar-refractivity contribution in [1.29, 1.82) is 0 Å². The lowest BCUT2D eigenvalue weighted by Gasteiger charge is -2.32. The first-order valence-electron chi connectivity index (χ1n) is 5.24. The molecule has 1 aliphatic rings. The lowest BCUT2D eigenvalue weighted by atomic mass is 10.3. The fraction of sp³-hybridized carbons (Fsp3) is 0.700. The molecule has 1 aliphatic heterocycles. The second-order valence-corrected chi connectivity index (χ2v) is 4.97. The van der Waals surface area contributed by atoms with Gasteiger partial charge < -0.3 is 4.90 Å².